The van der Waals surface area contributed by atoms with Crippen molar-refractivity contribution in [1.82, 2.24) is 9.80 Å². The third-order valence-electron chi connectivity index (χ3n) is 5.39. The van der Waals surface area contributed by atoms with Crippen LogP contribution in [0.3, 0.4) is 0 Å². The number of methoxy groups -OCH3 is 1. The number of anilines is 1. The van der Waals surface area contributed by atoms with Crippen LogP contribution in [0.25, 0.3) is 11.1 Å². The van der Waals surface area contributed by atoms with Crippen molar-refractivity contribution < 1.29 is 19.4 Å². The summed E-state index contributed by atoms with van der Waals surface area (Å²) in [5.74, 6) is 0.286. The molecule has 0 aliphatic carbocycles. The summed E-state index contributed by atoms with van der Waals surface area (Å²) in [4.78, 5) is 27.8. The minimum absolute atomic E-state index is 0.0370. The number of hydrogen-bond acceptors (Lipinski definition) is 5. The van der Waals surface area contributed by atoms with Crippen LogP contribution in [-0.4, -0.2) is 66.6 Å². The minimum Gasteiger partial charge on any atom is -0.495 e. The first-order valence-corrected chi connectivity index (χ1v) is 10.8. The SMILES string of the molecule is C=CC(=O)N1CCN(C(=O)CNc2cc(-c3cccc(OC)c3Cl)c(Cl)cc2CO)CC1. The number of carbonyl (C=O) groups excluding carboxylic acids is 2. The number of amides is 2. The van der Waals surface area contributed by atoms with Crippen molar-refractivity contribution in [3.05, 3.63) is 58.6 Å². The van der Waals surface area contributed by atoms with Crippen molar-refractivity contribution >= 4 is 40.7 Å². The molecule has 2 N–H and O–H groups in total. The topological polar surface area (TPSA) is 82.1 Å². The summed E-state index contributed by atoms with van der Waals surface area (Å²) in [6.07, 6.45) is 1.28. The average Bonchev–Trinajstić information content (AvgIpc) is 2.82. The van der Waals surface area contributed by atoms with Crippen molar-refractivity contribution in [2.24, 2.45) is 0 Å². The zero-order valence-corrected chi connectivity index (χ0v) is 19.2. The van der Waals surface area contributed by atoms with Gasteiger partial charge < -0.3 is 25.0 Å². The van der Waals surface area contributed by atoms with Crippen LogP contribution in [0.2, 0.25) is 10.0 Å². The van der Waals surface area contributed by atoms with E-state index in [0.717, 1.165) is 0 Å². The summed E-state index contributed by atoms with van der Waals surface area (Å²) < 4.78 is 5.29. The second kappa shape index (κ2) is 10.7. The van der Waals surface area contributed by atoms with E-state index in [1.54, 1.807) is 28.0 Å². The average molecular weight is 478 g/mol. The first kappa shape index (κ1) is 23.9. The molecular formula is C23H25Cl2N3O4. The van der Waals surface area contributed by atoms with Crippen molar-refractivity contribution in [3.8, 4) is 16.9 Å². The van der Waals surface area contributed by atoms with E-state index in [1.807, 2.05) is 12.1 Å². The number of piperazine rings is 1. The predicted octanol–water partition coefficient (Wildman–Crippen LogP) is 3.43. The minimum atomic E-state index is -0.245. The van der Waals surface area contributed by atoms with Gasteiger partial charge >= 0.3 is 0 Å². The monoisotopic (exact) mass is 477 g/mol. The molecule has 0 spiro atoms. The Hall–Kier alpha value is -2.74. The molecule has 1 aliphatic rings. The van der Waals surface area contributed by atoms with Gasteiger partial charge in [-0.2, -0.15) is 0 Å². The zero-order valence-electron chi connectivity index (χ0n) is 17.7. The first-order chi connectivity index (χ1) is 15.4. The Morgan fingerprint density at radius 1 is 1.16 bits per heavy atom. The largest absolute Gasteiger partial charge is 0.495 e. The van der Waals surface area contributed by atoms with Crippen molar-refractivity contribution in [2.45, 2.75) is 6.61 Å². The summed E-state index contributed by atoms with van der Waals surface area (Å²) in [7, 11) is 1.53. The molecule has 0 unspecified atom stereocenters. The predicted molar refractivity (Wildman–Crippen MR) is 126 cm³/mol. The second-order valence-electron chi connectivity index (χ2n) is 7.23. The molecule has 0 aromatic heterocycles. The summed E-state index contributed by atoms with van der Waals surface area (Å²) in [6, 6.07) is 8.80. The third kappa shape index (κ3) is 5.18. The van der Waals surface area contributed by atoms with Gasteiger partial charge in [-0.05, 0) is 24.3 Å². The highest BCUT2D eigenvalue weighted by atomic mass is 35.5. The molecule has 1 heterocycles. The number of halogens is 2. The van der Waals surface area contributed by atoms with Gasteiger partial charge in [0.05, 0.1) is 25.3 Å². The molecule has 0 radical (unpaired) electrons. The maximum absolute atomic E-state index is 12.7. The molecule has 1 fully saturated rings. The molecule has 0 atom stereocenters. The Labute approximate surface area is 197 Å². The Kier molecular flexibility index (Phi) is 8.01. The molecule has 32 heavy (non-hydrogen) atoms. The van der Waals surface area contributed by atoms with Gasteiger partial charge in [0.1, 0.15) is 5.75 Å². The van der Waals surface area contributed by atoms with E-state index in [-0.39, 0.29) is 25.0 Å². The summed E-state index contributed by atoms with van der Waals surface area (Å²) in [6.45, 7) is 5.14. The number of aliphatic hydroxyl groups excluding tert-OH is 1. The molecule has 3 rings (SSSR count). The van der Waals surface area contributed by atoms with Crippen molar-refractivity contribution in [3.63, 3.8) is 0 Å². The fraction of sp³-hybridized carbons (Fsp3) is 0.304. The van der Waals surface area contributed by atoms with E-state index in [0.29, 0.717) is 64.4 Å². The van der Waals surface area contributed by atoms with Crippen molar-refractivity contribution in [2.75, 3.05) is 45.2 Å². The molecule has 7 nitrogen and oxygen atoms in total. The van der Waals surface area contributed by atoms with E-state index < -0.39 is 0 Å². The quantitative estimate of drug-likeness (QED) is 0.596. The van der Waals surface area contributed by atoms with Gasteiger partial charge in [-0.1, -0.05) is 41.9 Å². The first-order valence-electron chi connectivity index (χ1n) is 10.1. The number of rotatable bonds is 7. The van der Waals surface area contributed by atoms with Crippen LogP contribution in [0, 0.1) is 0 Å². The number of nitrogens with zero attached hydrogens (tertiary/aromatic N) is 2. The molecular weight excluding hydrogens is 453 g/mol. The van der Waals surface area contributed by atoms with E-state index in [4.69, 9.17) is 27.9 Å². The van der Waals surface area contributed by atoms with E-state index in [1.165, 1.54) is 13.2 Å². The normalized spacial score (nSPS) is 13.6. The fourth-order valence-electron chi connectivity index (χ4n) is 3.58. The molecule has 9 heteroatoms. The highest BCUT2D eigenvalue weighted by Gasteiger charge is 2.23. The molecule has 170 valence electrons. The number of ether oxygens (including phenoxy) is 1. The summed E-state index contributed by atoms with van der Waals surface area (Å²) in [5.41, 5.74) is 2.48. The zero-order chi connectivity index (χ0) is 23.3. The van der Waals surface area contributed by atoms with Gasteiger partial charge in [-0.25, -0.2) is 0 Å². The lowest BCUT2D eigenvalue weighted by Crippen LogP contribution is -2.51. The number of nitrogens with one attached hydrogen (secondary N) is 1. The van der Waals surface area contributed by atoms with Gasteiger partial charge in [0, 0.05) is 53.6 Å². The maximum Gasteiger partial charge on any atom is 0.246 e. The van der Waals surface area contributed by atoms with Crippen LogP contribution < -0.4 is 10.1 Å². The highest BCUT2D eigenvalue weighted by Crippen LogP contribution is 2.40. The van der Waals surface area contributed by atoms with E-state index in [2.05, 4.69) is 11.9 Å². The van der Waals surface area contributed by atoms with E-state index in [9.17, 15) is 14.7 Å². The number of aliphatic hydroxyl groups is 1. The Balaban J connectivity index is 1.76. The number of hydrogen-bond donors (Lipinski definition) is 2. The van der Waals surface area contributed by atoms with Gasteiger partial charge in [0.15, 0.2) is 0 Å². The Bertz CT molecular complexity index is 1020. The molecule has 2 aromatic rings. The lowest BCUT2D eigenvalue weighted by atomic mass is 10.0. The molecule has 0 saturated carbocycles. The molecule has 0 bridgehead atoms. The van der Waals surface area contributed by atoms with Crippen LogP contribution in [-0.2, 0) is 16.2 Å². The lowest BCUT2D eigenvalue weighted by molar-refractivity contribution is -0.135. The molecule has 2 amide bonds. The molecule has 1 aliphatic heterocycles. The number of carbonyl (C=O) groups is 2. The van der Waals surface area contributed by atoms with Gasteiger partial charge in [0.2, 0.25) is 11.8 Å². The molecule has 2 aromatic carbocycles. The fourth-order valence-corrected chi connectivity index (χ4v) is 4.17. The van der Waals surface area contributed by atoms with Gasteiger partial charge in [0.25, 0.3) is 0 Å². The molecule has 1 saturated heterocycles. The maximum atomic E-state index is 12.7. The van der Waals surface area contributed by atoms with Crippen molar-refractivity contribution in [1.29, 1.82) is 0 Å². The van der Waals surface area contributed by atoms with Crippen LogP contribution >= 0.6 is 23.2 Å². The van der Waals surface area contributed by atoms with Crippen LogP contribution in [0.15, 0.2) is 43.0 Å². The smallest absolute Gasteiger partial charge is 0.246 e. The van der Waals surface area contributed by atoms with Gasteiger partial charge in [-0.15, -0.1) is 0 Å². The Morgan fingerprint density at radius 2 is 1.84 bits per heavy atom. The van der Waals surface area contributed by atoms with Crippen LogP contribution in [0.4, 0.5) is 5.69 Å². The van der Waals surface area contributed by atoms with Gasteiger partial charge in [-0.3, -0.25) is 9.59 Å². The third-order valence-corrected chi connectivity index (χ3v) is 6.09. The van der Waals surface area contributed by atoms with Crippen LogP contribution in [0.1, 0.15) is 5.56 Å². The second-order valence-corrected chi connectivity index (χ2v) is 8.02. The summed E-state index contributed by atoms with van der Waals surface area (Å²) in [5, 5.41) is 13.7. The summed E-state index contributed by atoms with van der Waals surface area (Å²) >= 11 is 12.9. The standard InChI is InChI=1S/C23H25Cl2N3O4/c1-3-21(30)27-7-9-28(10-8-27)22(31)13-26-19-12-17(18(24)11-15(19)14-29)16-5-4-6-20(32-2)23(16)25/h3-6,11-12,26,29H,1,7-10,13-14H2,2H3. The lowest BCUT2D eigenvalue weighted by Gasteiger charge is -2.34. The Morgan fingerprint density at radius 3 is 2.47 bits per heavy atom. The van der Waals surface area contributed by atoms with E-state index >= 15 is 0 Å². The van der Waals surface area contributed by atoms with Crippen LogP contribution in [0.5, 0.6) is 5.75 Å². The highest BCUT2D eigenvalue weighted by molar-refractivity contribution is 6.37. The number of benzene rings is 2.